The second-order valence-electron chi connectivity index (χ2n) is 6.58. The van der Waals surface area contributed by atoms with Crippen LogP contribution in [-0.2, 0) is 28.8 Å². The van der Waals surface area contributed by atoms with Gasteiger partial charge in [0, 0.05) is 14.2 Å². The zero-order valence-electron chi connectivity index (χ0n) is 14.7. The lowest BCUT2D eigenvalue weighted by atomic mass is 10.00. The third kappa shape index (κ3) is 4.94. The van der Waals surface area contributed by atoms with Gasteiger partial charge in [-0.1, -0.05) is 0 Å². The fourth-order valence-corrected chi connectivity index (χ4v) is 4.76. The van der Waals surface area contributed by atoms with E-state index in [0.717, 1.165) is 0 Å². The van der Waals surface area contributed by atoms with E-state index < -0.39 is 82.8 Å². The number of sulfone groups is 1. The summed E-state index contributed by atoms with van der Waals surface area (Å²) in [5.74, 6) is -1.55. The fraction of sp³-hybridized carbons (Fsp3) is 1.00. The lowest BCUT2D eigenvalue weighted by Crippen LogP contribution is -2.61. The van der Waals surface area contributed by atoms with Gasteiger partial charge < -0.3 is 49.6 Å². The highest BCUT2D eigenvalue weighted by Gasteiger charge is 2.48. The molecule has 0 aliphatic carbocycles. The minimum Gasteiger partial charge on any atom is -0.388 e. The number of hydrogen-bond acceptors (Lipinski definition) is 12. The second kappa shape index (κ2) is 8.92. The Hall–Kier alpha value is -0.450. The summed E-state index contributed by atoms with van der Waals surface area (Å²) in [5, 5.41) is 59.0. The number of hydrogen-bond donors (Lipinski definition) is 6. The predicted molar refractivity (Wildman–Crippen MR) is 86.0 cm³/mol. The van der Waals surface area contributed by atoms with Crippen LogP contribution in [0.1, 0.15) is 0 Å². The third-order valence-electron chi connectivity index (χ3n) is 4.64. The SMILES string of the molecule is CO[C@H]1O[C@H](CS(=O)(=O)C[C@H]2O[C@H](OC)[C@H](O)[C@@H](O)[C@H]2O)[C@@H](O)[C@H](O)[C@@H]1O. The van der Waals surface area contributed by atoms with E-state index in [9.17, 15) is 39.1 Å². The van der Waals surface area contributed by atoms with Crippen molar-refractivity contribution in [3.8, 4) is 0 Å². The van der Waals surface area contributed by atoms with E-state index >= 15 is 0 Å². The minimum absolute atomic E-state index is 0.777. The van der Waals surface area contributed by atoms with E-state index in [2.05, 4.69) is 0 Å². The maximum absolute atomic E-state index is 12.5. The summed E-state index contributed by atoms with van der Waals surface area (Å²) in [7, 11) is -1.71. The Kier molecular flexibility index (Phi) is 7.54. The molecule has 0 aromatic rings. The van der Waals surface area contributed by atoms with Crippen LogP contribution in [0.4, 0.5) is 0 Å². The molecule has 0 radical (unpaired) electrons. The molecule has 0 amide bonds. The van der Waals surface area contributed by atoms with Crippen molar-refractivity contribution in [3.63, 3.8) is 0 Å². The maximum Gasteiger partial charge on any atom is 0.186 e. The Balaban J connectivity index is 2.07. The van der Waals surface area contributed by atoms with E-state index in [1.807, 2.05) is 0 Å². The van der Waals surface area contributed by atoms with Crippen molar-refractivity contribution in [1.29, 1.82) is 0 Å². The van der Waals surface area contributed by atoms with Crippen LogP contribution in [-0.4, -0.2) is 126 Å². The summed E-state index contributed by atoms with van der Waals surface area (Å²) in [4.78, 5) is 0. The molecule has 2 saturated heterocycles. The molecule has 0 bridgehead atoms. The van der Waals surface area contributed by atoms with Crippen molar-refractivity contribution in [2.45, 2.75) is 61.4 Å². The smallest absolute Gasteiger partial charge is 0.186 e. The summed E-state index contributed by atoms with van der Waals surface area (Å²) in [6, 6.07) is 0. The minimum atomic E-state index is -4.06. The molecule has 0 unspecified atom stereocenters. The number of rotatable bonds is 6. The summed E-state index contributed by atoms with van der Waals surface area (Å²) in [5.41, 5.74) is 0. The van der Waals surface area contributed by atoms with Crippen LogP contribution in [0.3, 0.4) is 0 Å². The molecule has 12 nitrogen and oxygen atoms in total. The van der Waals surface area contributed by atoms with Crippen LogP contribution < -0.4 is 0 Å². The van der Waals surface area contributed by atoms with Gasteiger partial charge in [-0.3, -0.25) is 0 Å². The molecule has 2 aliphatic heterocycles. The molecule has 2 heterocycles. The van der Waals surface area contributed by atoms with E-state index in [1.54, 1.807) is 0 Å². The molecular weight excluding hydrogens is 392 g/mol. The predicted octanol–water partition coefficient (Wildman–Crippen LogP) is -4.69. The highest BCUT2D eigenvalue weighted by molar-refractivity contribution is 7.91. The molecule has 0 aromatic heterocycles. The van der Waals surface area contributed by atoms with Gasteiger partial charge in [-0.05, 0) is 0 Å². The Morgan fingerprint density at radius 1 is 0.667 bits per heavy atom. The average molecular weight is 418 g/mol. The first-order valence-corrected chi connectivity index (χ1v) is 10.00. The van der Waals surface area contributed by atoms with Gasteiger partial charge in [0.05, 0.1) is 11.5 Å². The quantitative estimate of drug-likeness (QED) is 0.242. The second-order valence-corrected chi connectivity index (χ2v) is 8.73. The summed E-state index contributed by atoms with van der Waals surface area (Å²) >= 11 is 0. The average Bonchev–Trinajstić information content (AvgIpc) is 2.62. The molecule has 13 heteroatoms. The zero-order valence-corrected chi connectivity index (χ0v) is 15.5. The molecule has 10 atom stereocenters. The van der Waals surface area contributed by atoms with Gasteiger partial charge in [0.15, 0.2) is 22.4 Å². The Labute approximate surface area is 155 Å². The van der Waals surface area contributed by atoms with Crippen molar-refractivity contribution in [1.82, 2.24) is 0 Å². The van der Waals surface area contributed by atoms with E-state index in [-0.39, 0.29) is 0 Å². The van der Waals surface area contributed by atoms with Crippen molar-refractivity contribution in [2.24, 2.45) is 0 Å². The van der Waals surface area contributed by atoms with Gasteiger partial charge in [0.25, 0.3) is 0 Å². The van der Waals surface area contributed by atoms with Gasteiger partial charge >= 0.3 is 0 Å². The number of aliphatic hydroxyl groups excluding tert-OH is 6. The lowest BCUT2D eigenvalue weighted by Gasteiger charge is -2.41. The molecule has 6 N–H and O–H groups in total. The van der Waals surface area contributed by atoms with Crippen LogP contribution >= 0.6 is 0 Å². The number of aliphatic hydroxyl groups is 6. The van der Waals surface area contributed by atoms with Crippen molar-refractivity contribution < 1.29 is 58.0 Å². The third-order valence-corrected chi connectivity index (χ3v) is 6.31. The first kappa shape index (κ1) is 22.8. The molecule has 0 saturated carbocycles. The number of ether oxygens (including phenoxy) is 4. The summed E-state index contributed by atoms with van der Waals surface area (Å²) < 4.78 is 44.9. The lowest BCUT2D eigenvalue weighted by molar-refractivity contribution is -0.286. The fourth-order valence-electron chi connectivity index (χ4n) is 3.07. The Morgan fingerprint density at radius 3 is 1.30 bits per heavy atom. The van der Waals surface area contributed by atoms with Crippen molar-refractivity contribution in [2.75, 3.05) is 25.7 Å². The van der Waals surface area contributed by atoms with Crippen LogP contribution in [0.25, 0.3) is 0 Å². The molecule has 0 aromatic carbocycles. The monoisotopic (exact) mass is 418 g/mol. The van der Waals surface area contributed by atoms with E-state index in [1.165, 1.54) is 14.2 Å². The molecule has 27 heavy (non-hydrogen) atoms. The van der Waals surface area contributed by atoms with Gasteiger partial charge in [0.2, 0.25) is 0 Å². The molecular formula is C14H26O12S. The molecule has 2 rings (SSSR count). The van der Waals surface area contributed by atoms with Crippen LogP contribution in [0, 0.1) is 0 Å². The van der Waals surface area contributed by atoms with E-state index in [0.29, 0.717) is 0 Å². The molecule has 2 aliphatic rings. The van der Waals surface area contributed by atoms with Crippen LogP contribution in [0.5, 0.6) is 0 Å². The normalized spacial score (nSPS) is 46.4. The van der Waals surface area contributed by atoms with Gasteiger partial charge in [-0.25, -0.2) is 8.42 Å². The van der Waals surface area contributed by atoms with Gasteiger partial charge in [-0.15, -0.1) is 0 Å². The summed E-state index contributed by atoms with van der Waals surface area (Å²) in [6.45, 7) is 0. The van der Waals surface area contributed by atoms with Crippen LogP contribution in [0.15, 0.2) is 0 Å². The maximum atomic E-state index is 12.5. The van der Waals surface area contributed by atoms with Gasteiger partial charge in [0.1, 0.15) is 48.8 Å². The largest absolute Gasteiger partial charge is 0.388 e. The summed E-state index contributed by atoms with van der Waals surface area (Å²) in [6.07, 6.45) is -15.4. The topological polar surface area (TPSA) is 192 Å². The molecule has 0 spiro atoms. The zero-order chi connectivity index (χ0) is 20.5. The standard InChI is InChI=1S/C14H26O12S/c1-23-13-11(19)9(17)7(15)5(25-13)3-27(21,22)4-6-8(16)10(18)12(20)14(24-2)26-6/h5-20H,3-4H2,1-2H3/t5-,6-,7-,8+,9+,10+,11+,12-,13+,14+/m1/s1. The Bertz CT molecular complexity index is 537. The number of methoxy groups -OCH3 is 2. The van der Waals surface area contributed by atoms with Gasteiger partial charge in [-0.2, -0.15) is 0 Å². The highest BCUT2D eigenvalue weighted by atomic mass is 32.2. The first-order valence-electron chi connectivity index (χ1n) is 8.17. The molecule has 2 fully saturated rings. The van der Waals surface area contributed by atoms with Crippen molar-refractivity contribution in [3.05, 3.63) is 0 Å². The first-order chi connectivity index (χ1) is 12.5. The molecule has 160 valence electrons. The van der Waals surface area contributed by atoms with E-state index in [4.69, 9.17) is 18.9 Å². The van der Waals surface area contributed by atoms with Crippen molar-refractivity contribution >= 4 is 9.84 Å². The highest BCUT2D eigenvalue weighted by Crippen LogP contribution is 2.26. The Morgan fingerprint density at radius 2 is 1.00 bits per heavy atom. The van der Waals surface area contributed by atoms with Crippen LogP contribution in [0.2, 0.25) is 0 Å².